The van der Waals surface area contributed by atoms with Gasteiger partial charge in [0, 0.05) is 12.4 Å². The van der Waals surface area contributed by atoms with Gasteiger partial charge >= 0.3 is 0 Å². The number of nitrogen functional groups attached to an aromatic ring is 2. The minimum atomic E-state index is 0.410. The SMILES string of the molecule is Nn1c(Sc2nnc(-c3ccccn3)n2N)nnc1-c1ccccn1. The molecule has 0 saturated carbocycles. The van der Waals surface area contributed by atoms with E-state index in [1.165, 1.54) is 9.35 Å². The van der Waals surface area contributed by atoms with Crippen molar-refractivity contribution in [1.82, 2.24) is 39.7 Å². The van der Waals surface area contributed by atoms with Crippen molar-refractivity contribution in [2.75, 3.05) is 11.7 Å². The highest BCUT2D eigenvalue weighted by molar-refractivity contribution is 7.99. The molecule has 0 amide bonds. The Morgan fingerprint density at radius 3 is 1.56 bits per heavy atom. The lowest BCUT2D eigenvalue weighted by molar-refractivity contribution is 0.813. The average Bonchev–Trinajstić information content (AvgIpc) is 3.20. The quantitative estimate of drug-likeness (QED) is 0.504. The molecule has 0 radical (unpaired) electrons. The Balaban J connectivity index is 1.64. The van der Waals surface area contributed by atoms with Gasteiger partial charge in [0.05, 0.1) is 0 Å². The van der Waals surface area contributed by atoms with Gasteiger partial charge in [-0.05, 0) is 36.0 Å². The van der Waals surface area contributed by atoms with E-state index in [4.69, 9.17) is 11.7 Å². The van der Waals surface area contributed by atoms with Gasteiger partial charge in [-0.2, -0.15) is 0 Å². The fourth-order valence-corrected chi connectivity index (χ4v) is 2.81. The molecule has 11 heteroatoms. The number of hydrogen-bond acceptors (Lipinski definition) is 9. The first kappa shape index (κ1) is 15.1. The summed E-state index contributed by atoms with van der Waals surface area (Å²) in [7, 11) is 0. The number of aromatic nitrogens is 8. The molecule has 4 heterocycles. The lowest BCUT2D eigenvalue weighted by atomic mass is 10.3. The van der Waals surface area contributed by atoms with Gasteiger partial charge < -0.3 is 11.7 Å². The number of hydrogen-bond donors (Lipinski definition) is 2. The molecule has 0 aromatic carbocycles. The minimum absolute atomic E-state index is 0.410. The third-order valence-electron chi connectivity index (χ3n) is 3.30. The molecule has 25 heavy (non-hydrogen) atoms. The fourth-order valence-electron chi connectivity index (χ4n) is 2.11. The smallest absolute Gasteiger partial charge is 0.217 e. The summed E-state index contributed by atoms with van der Waals surface area (Å²) in [5, 5.41) is 17.1. The van der Waals surface area contributed by atoms with Crippen LogP contribution in [0.15, 0.2) is 59.1 Å². The Labute approximate surface area is 145 Å². The Hall–Kier alpha value is -3.47. The van der Waals surface area contributed by atoms with Crippen LogP contribution in [0.5, 0.6) is 0 Å². The summed E-state index contributed by atoms with van der Waals surface area (Å²) in [6.07, 6.45) is 3.32. The van der Waals surface area contributed by atoms with E-state index >= 15 is 0 Å². The van der Waals surface area contributed by atoms with Gasteiger partial charge in [0.2, 0.25) is 22.0 Å². The summed E-state index contributed by atoms with van der Waals surface area (Å²) in [6, 6.07) is 10.9. The Morgan fingerprint density at radius 1 is 0.680 bits per heavy atom. The lowest BCUT2D eigenvalue weighted by Gasteiger charge is -2.03. The van der Waals surface area contributed by atoms with Crippen LogP contribution in [0, 0.1) is 0 Å². The second kappa shape index (κ2) is 6.20. The van der Waals surface area contributed by atoms with Crippen LogP contribution in [0.4, 0.5) is 0 Å². The molecule has 124 valence electrons. The second-order valence-electron chi connectivity index (χ2n) is 4.88. The van der Waals surface area contributed by atoms with Crippen LogP contribution in [-0.4, -0.2) is 39.7 Å². The number of pyridine rings is 2. The van der Waals surface area contributed by atoms with Crippen molar-refractivity contribution in [1.29, 1.82) is 0 Å². The molecule has 4 rings (SSSR count). The van der Waals surface area contributed by atoms with Gasteiger partial charge in [-0.15, -0.1) is 20.4 Å². The summed E-state index contributed by atoms with van der Waals surface area (Å²) < 4.78 is 2.67. The molecule has 10 nitrogen and oxygen atoms in total. The standard InChI is InChI=1S/C14H12N10S/c15-23-11(9-5-1-3-7-17-9)19-21-13(23)25-14-22-20-12(24(14)16)10-6-2-4-8-18-10/h1-8H,15-16H2. The summed E-state index contributed by atoms with van der Waals surface area (Å²) >= 11 is 1.14. The van der Waals surface area contributed by atoms with Crippen LogP contribution in [0.1, 0.15) is 0 Å². The number of rotatable bonds is 4. The van der Waals surface area contributed by atoms with E-state index in [1.807, 2.05) is 24.3 Å². The van der Waals surface area contributed by atoms with Crippen LogP contribution in [-0.2, 0) is 0 Å². The summed E-state index contributed by atoms with van der Waals surface area (Å²) in [5.41, 5.74) is 1.24. The molecule has 4 N–H and O–H groups in total. The topological polar surface area (TPSA) is 139 Å². The molecule has 0 bridgehead atoms. The van der Waals surface area contributed by atoms with Crippen LogP contribution in [0.3, 0.4) is 0 Å². The number of nitrogens with zero attached hydrogens (tertiary/aromatic N) is 8. The fraction of sp³-hybridized carbons (Fsp3) is 0. The van der Waals surface area contributed by atoms with Crippen molar-refractivity contribution >= 4 is 11.8 Å². The van der Waals surface area contributed by atoms with Gasteiger partial charge in [0.1, 0.15) is 11.4 Å². The molecule has 0 saturated heterocycles. The van der Waals surface area contributed by atoms with Gasteiger partial charge in [-0.25, -0.2) is 9.35 Å². The molecule has 0 unspecified atom stereocenters. The Morgan fingerprint density at radius 2 is 1.16 bits per heavy atom. The van der Waals surface area contributed by atoms with Gasteiger partial charge in [0.15, 0.2) is 0 Å². The molecular formula is C14H12N10S. The first-order valence-electron chi connectivity index (χ1n) is 7.15. The molecule has 0 atom stereocenters. The number of nitrogens with two attached hydrogens (primary N) is 2. The third-order valence-corrected chi connectivity index (χ3v) is 4.22. The largest absolute Gasteiger partial charge is 0.335 e. The van der Waals surface area contributed by atoms with Crippen molar-refractivity contribution in [2.24, 2.45) is 0 Å². The maximum absolute atomic E-state index is 6.07. The normalized spacial score (nSPS) is 10.9. The van der Waals surface area contributed by atoms with Crippen molar-refractivity contribution in [2.45, 2.75) is 10.3 Å². The van der Waals surface area contributed by atoms with Crippen LogP contribution in [0.25, 0.3) is 23.0 Å². The molecule has 0 aliphatic carbocycles. The third kappa shape index (κ3) is 2.76. The molecule has 0 spiro atoms. The van der Waals surface area contributed by atoms with Gasteiger partial charge in [0.25, 0.3) is 0 Å². The van der Waals surface area contributed by atoms with E-state index in [2.05, 4.69) is 30.4 Å². The predicted molar refractivity (Wildman–Crippen MR) is 90.9 cm³/mol. The molecule has 4 aromatic rings. The molecule has 0 aliphatic heterocycles. The predicted octanol–water partition coefficient (Wildman–Crippen LogP) is 0.572. The van der Waals surface area contributed by atoms with E-state index in [9.17, 15) is 0 Å². The molecule has 0 aliphatic rings. The molecule has 0 fully saturated rings. The van der Waals surface area contributed by atoms with Gasteiger partial charge in [-0.3, -0.25) is 9.97 Å². The van der Waals surface area contributed by atoms with Crippen LogP contribution in [0.2, 0.25) is 0 Å². The minimum Gasteiger partial charge on any atom is -0.335 e. The van der Waals surface area contributed by atoms with E-state index in [0.29, 0.717) is 33.3 Å². The highest BCUT2D eigenvalue weighted by Crippen LogP contribution is 2.27. The zero-order chi connectivity index (χ0) is 17.2. The maximum atomic E-state index is 6.07. The van der Waals surface area contributed by atoms with Crippen LogP contribution < -0.4 is 11.7 Å². The van der Waals surface area contributed by atoms with E-state index in [0.717, 1.165) is 11.8 Å². The Kier molecular flexibility index (Phi) is 3.74. The molecule has 4 aromatic heterocycles. The highest BCUT2D eigenvalue weighted by Gasteiger charge is 2.19. The average molecular weight is 352 g/mol. The second-order valence-corrected chi connectivity index (χ2v) is 5.82. The zero-order valence-electron chi connectivity index (χ0n) is 12.8. The van der Waals surface area contributed by atoms with Crippen LogP contribution >= 0.6 is 11.8 Å². The monoisotopic (exact) mass is 352 g/mol. The first-order valence-corrected chi connectivity index (χ1v) is 7.97. The molecular weight excluding hydrogens is 340 g/mol. The van der Waals surface area contributed by atoms with Crippen molar-refractivity contribution in [3.05, 3.63) is 48.8 Å². The maximum Gasteiger partial charge on any atom is 0.217 e. The summed E-state index contributed by atoms with van der Waals surface area (Å²) in [4.78, 5) is 8.43. The van der Waals surface area contributed by atoms with Crippen molar-refractivity contribution in [3.63, 3.8) is 0 Å². The summed E-state index contributed by atoms with van der Waals surface area (Å²) in [5.74, 6) is 13.0. The summed E-state index contributed by atoms with van der Waals surface area (Å²) in [6.45, 7) is 0. The van der Waals surface area contributed by atoms with Crippen molar-refractivity contribution in [3.8, 4) is 23.0 Å². The van der Waals surface area contributed by atoms with E-state index in [-0.39, 0.29) is 0 Å². The van der Waals surface area contributed by atoms with E-state index in [1.54, 1.807) is 24.5 Å². The van der Waals surface area contributed by atoms with E-state index < -0.39 is 0 Å². The first-order chi connectivity index (χ1) is 12.2. The van der Waals surface area contributed by atoms with Gasteiger partial charge in [-0.1, -0.05) is 12.1 Å². The Bertz CT molecular complexity index is 913. The zero-order valence-corrected chi connectivity index (χ0v) is 13.6. The lowest BCUT2D eigenvalue weighted by Crippen LogP contribution is -2.14. The van der Waals surface area contributed by atoms with Crippen molar-refractivity contribution < 1.29 is 0 Å². The highest BCUT2D eigenvalue weighted by atomic mass is 32.2.